The molecule has 0 aliphatic rings. The molecule has 0 aliphatic carbocycles. The van der Waals surface area contributed by atoms with Gasteiger partial charge in [0, 0.05) is 4.90 Å². The lowest BCUT2D eigenvalue weighted by Gasteiger charge is -2.01. The van der Waals surface area contributed by atoms with Gasteiger partial charge in [0.15, 0.2) is 0 Å². The van der Waals surface area contributed by atoms with Crippen LogP contribution in [0.1, 0.15) is 6.92 Å². The number of rotatable bonds is 2. The summed E-state index contributed by atoms with van der Waals surface area (Å²) < 4.78 is 13.6. The van der Waals surface area contributed by atoms with Gasteiger partial charge in [0.05, 0.1) is 3.57 Å². The maximum absolute atomic E-state index is 12.9. The van der Waals surface area contributed by atoms with E-state index in [1.54, 1.807) is 17.8 Å². The average molecular weight is 282 g/mol. The van der Waals surface area contributed by atoms with Crippen LogP contribution in [0.5, 0.6) is 0 Å². The molecule has 1 rings (SSSR count). The van der Waals surface area contributed by atoms with Crippen LogP contribution in [0, 0.1) is 9.39 Å². The van der Waals surface area contributed by atoms with Crippen molar-refractivity contribution in [3.05, 3.63) is 27.6 Å². The molecule has 0 bridgehead atoms. The summed E-state index contributed by atoms with van der Waals surface area (Å²) in [7, 11) is 0. The molecular formula is C8H8FIS. The number of benzene rings is 1. The molecule has 0 aliphatic heterocycles. The molecule has 0 saturated heterocycles. The zero-order chi connectivity index (χ0) is 8.27. The normalized spacial score (nSPS) is 10.1. The summed E-state index contributed by atoms with van der Waals surface area (Å²) in [6.45, 7) is 2.06. The van der Waals surface area contributed by atoms with Crippen molar-refractivity contribution in [2.45, 2.75) is 11.8 Å². The first-order valence-corrected chi connectivity index (χ1v) is 5.39. The van der Waals surface area contributed by atoms with Gasteiger partial charge in [-0.2, -0.15) is 0 Å². The SMILES string of the molecule is CCSc1cccc(F)c1I. The van der Waals surface area contributed by atoms with Crippen LogP contribution < -0.4 is 0 Å². The van der Waals surface area contributed by atoms with Crippen molar-refractivity contribution in [2.24, 2.45) is 0 Å². The third kappa shape index (κ3) is 2.33. The number of halogens is 2. The number of hydrogen-bond donors (Lipinski definition) is 0. The summed E-state index contributed by atoms with van der Waals surface area (Å²) in [5.74, 6) is 0.864. The molecule has 0 radical (unpaired) electrons. The summed E-state index contributed by atoms with van der Waals surface area (Å²) in [5, 5.41) is 0. The largest absolute Gasteiger partial charge is 0.206 e. The summed E-state index contributed by atoms with van der Waals surface area (Å²) in [5.41, 5.74) is 0. The molecule has 0 heterocycles. The number of hydrogen-bond acceptors (Lipinski definition) is 1. The molecule has 0 unspecified atom stereocenters. The Morgan fingerprint density at radius 3 is 2.91 bits per heavy atom. The lowest BCUT2D eigenvalue weighted by atomic mass is 10.3. The molecule has 1 aromatic rings. The van der Waals surface area contributed by atoms with E-state index in [9.17, 15) is 4.39 Å². The summed E-state index contributed by atoms with van der Waals surface area (Å²) in [6.07, 6.45) is 0. The van der Waals surface area contributed by atoms with Crippen molar-refractivity contribution >= 4 is 34.4 Å². The Hall–Kier alpha value is 0.230. The van der Waals surface area contributed by atoms with Gasteiger partial charge >= 0.3 is 0 Å². The number of thioether (sulfide) groups is 1. The van der Waals surface area contributed by atoms with Crippen molar-refractivity contribution in [3.8, 4) is 0 Å². The van der Waals surface area contributed by atoms with E-state index in [0.29, 0.717) is 0 Å². The molecular weight excluding hydrogens is 274 g/mol. The van der Waals surface area contributed by atoms with Crippen molar-refractivity contribution in [3.63, 3.8) is 0 Å². The first-order chi connectivity index (χ1) is 5.25. The predicted molar refractivity (Wildman–Crippen MR) is 55.5 cm³/mol. The Morgan fingerprint density at radius 1 is 1.55 bits per heavy atom. The van der Waals surface area contributed by atoms with Crippen LogP contribution in [-0.2, 0) is 0 Å². The average Bonchev–Trinajstić information content (AvgIpc) is 1.99. The first-order valence-electron chi connectivity index (χ1n) is 3.32. The molecule has 0 amide bonds. The van der Waals surface area contributed by atoms with E-state index in [-0.39, 0.29) is 5.82 Å². The van der Waals surface area contributed by atoms with Crippen molar-refractivity contribution in [1.82, 2.24) is 0 Å². The molecule has 0 spiro atoms. The lowest BCUT2D eigenvalue weighted by Crippen LogP contribution is -1.84. The summed E-state index contributed by atoms with van der Waals surface area (Å²) >= 11 is 3.70. The Morgan fingerprint density at radius 2 is 2.27 bits per heavy atom. The lowest BCUT2D eigenvalue weighted by molar-refractivity contribution is 0.615. The van der Waals surface area contributed by atoms with Crippen molar-refractivity contribution < 1.29 is 4.39 Å². The Balaban J connectivity index is 2.96. The smallest absolute Gasteiger partial charge is 0.137 e. The van der Waals surface area contributed by atoms with Crippen LogP contribution >= 0.6 is 34.4 Å². The predicted octanol–water partition coefficient (Wildman–Crippen LogP) is 3.54. The van der Waals surface area contributed by atoms with Gasteiger partial charge in [-0.05, 0) is 40.5 Å². The fourth-order valence-corrected chi connectivity index (χ4v) is 2.29. The molecule has 0 fully saturated rings. The van der Waals surface area contributed by atoms with Gasteiger partial charge in [-0.1, -0.05) is 13.0 Å². The third-order valence-corrected chi connectivity index (χ3v) is 3.62. The highest BCUT2D eigenvalue weighted by Crippen LogP contribution is 2.25. The Bertz CT molecular complexity index is 250. The molecule has 3 heteroatoms. The topological polar surface area (TPSA) is 0 Å². The molecule has 1 aromatic carbocycles. The van der Waals surface area contributed by atoms with E-state index in [0.717, 1.165) is 14.2 Å². The summed E-state index contributed by atoms with van der Waals surface area (Å²) in [6, 6.07) is 5.18. The fraction of sp³-hybridized carbons (Fsp3) is 0.250. The Labute approximate surface area is 83.7 Å². The molecule has 11 heavy (non-hydrogen) atoms. The molecule has 0 aromatic heterocycles. The van der Waals surface area contributed by atoms with Crippen LogP contribution in [0.15, 0.2) is 23.1 Å². The van der Waals surface area contributed by atoms with Gasteiger partial charge in [0.1, 0.15) is 5.82 Å². The maximum atomic E-state index is 12.9. The van der Waals surface area contributed by atoms with E-state index >= 15 is 0 Å². The zero-order valence-electron chi connectivity index (χ0n) is 6.10. The molecule has 0 nitrogen and oxygen atoms in total. The van der Waals surface area contributed by atoms with E-state index in [4.69, 9.17) is 0 Å². The van der Waals surface area contributed by atoms with Crippen LogP contribution in [0.3, 0.4) is 0 Å². The summed E-state index contributed by atoms with van der Waals surface area (Å²) in [4.78, 5) is 1.04. The molecule has 0 saturated carbocycles. The van der Waals surface area contributed by atoms with Gasteiger partial charge in [0.2, 0.25) is 0 Å². The zero-order valence-corrected chi connectivity index (χ0v) is 9.08. The second kappa shape index (κ2) is 4.30. The monoisotopic (exact) mass is 282 g/mol. The van der Waals surface area contributed by atoms with Crippen LogP contribution in [0.25, 0.3) is 0 Å². The Kier molecular flexibility index (Phi) is 3.65. The minimum absolute atomic E-state index is 0.121. The van der Waals surface area contributed by atoms with Gasteiger partial charge in [-0.15, -0.1) is 11.8 Å². The highest BCUT2D eigenvalue weighted by atomic mass is 127. The van der Waals surface area contributed by atoms with Gasteiger partial charge in [0.25, 0.3) is 0 Å². The first kappa shape index (κ1) is 9.32. The fourth-order valence-electron chi connectivity index (χ4n) is 0.751. The molecule has 60 valence electrons. The maximum Gasteiger partial charge on any atom is 0.137 e. The van der Waals surface area contributed by atoms with Gasteiger partial charge < -0.3 is 0 Å². The van der Waals surface area contributed by atoms with E-state index in [2.05, 4.69) is 6.92 Å². The minimum Gasteiger partial charge on any atom is -0.206 e. The van der Waals surface area contributed by atoms with E-state index in [1.807, 2.05) is 28.7 Å². The highest BCUT2D eigenvalue weighted by molar-refractivity contribution is 14.1. The molecule has 0 N–H and O–H groups in total. The van der Waals surface area contributed by atoms with Crippen molar-refractivity contribution in [2.75, 3.05) is 5.75 Å². The van der Waals surface area contributed by atoms with Crippen molar-refractivity contribution in [1.29, 1.82) is 0 Å². The van der Waals surface area contributed by atoms with Gasteiger partial charge in [-0.25, -0.2) is 4.39 Å². The van der Waals surface area contributed by atoms with Crippen LogP contribution in [0.2, 0.25) is 0 Å². The molecule has 0 atom stereocenters. The van der Waals surface area contributed by atoms with E-state index < -0.39 is 0 Å². The minimum atomic E-state index is -0.121. The third-order valence-electron chi connectivity index (χ3n) is 1.22. The second-order valence-electron chi connectivity index (χ2n) is 1.98. The standard InChI is InChI=1S/C8H8FIS/c1-2-11-7-5-3-4-6(9)8(7)10/h3-5H,2H2,1H3. The van der Waals surface area contributed by atoms with Crippen LogP contribution in [0.4, 0.5) is 4.39 Å². The van der Waals surface area contributed by atoms with Gasteiger partial charge in [-0.3, -0.25) is 0 Å². The quantitative estimate of drug-likeness (QED) is 0.590. The van der Waals surface area contributed by atoms with Crippen LogP contribution in [-0.4, -0.2) is 5.75 Å². The van der Waals surface area contributed by atoms with E-state index in [1.165, 1.54) is 6.07 Å². The second-order valence-corrected chi connectivity index (χ2v) is 4.37. The highest BCUT2D eigenvalue weighted by Gasteiger charge is 2.03.